The minimum Gasteiger partial charge on any atom is -0.318 e. The summed E-state index contributed by atoms with van der Waals surface area (Å²) in [6.45, 7) is 2.25. The lowest BCUT2D eigenvalue weighted by molar-refractivity contribution is 0.0738. The Balaban J connectivity index is 2.16. The highest BCUT2D eigenvalue weighted by Gasteiger charge is 2.35. The fraction of sp³-hybridized carbons (Fsp3) is 0.600. The van der Waals surface area contributed by atoms with E-state index in [9.17, 15) is 0 Å². The molecule has 0 amide bonds. The topological polar surface area (TPSA) is 15.3 Å². The van der Waals surface area contributed by atoms with Gasteiger partial charge < -0.3 is 5.32 Å². The summed E-state index contributed by atoms with van der Waals surface area (Å²) >= 11 is 5.96. The molecule has 1 heterocycles. The Hall–Kier alpha value is -0.570. The van der Waals surface area contributed by atoms with E-state index in [-0.39, 0.29) is 5.54 Å². The summed E-state index contributed by atoms with van der Waals surface area (Å²) < 4.78 is 0. The van der Waals surface area contributed by atoms with Crippen molar-refractivity contribution in [2.45, 2.75) is 31.2 Å². The standard InChI is InChI=1S/C15H23ClN2/c1-17-12-15(9-3-4-10-18(15)2)11-13-5-7-14(16)8-6-13/h5-8,17H,3-4,9-12H2,1-2H3. The third kappa shape index (κ3) is 3.05. The maximum atomic E-state index is 5.96. The summed E-state index contributed by atoms with van der Waals surface area (Å²) in [6.07, 6.45) is 5.02. The molecule has 0 spiro atoms. The molecule has 0 bridgehead atoms. The largest absolute Gasteiger partial charge is 0.318 e. The second-order valence-electron chi connectivity index (χ2n) is 5.44. The van der Waals surface area contributed by atoms with Gasteiger partial charge in [0.05, 0.1) is 0 Å². The Bertz CT molecular complexity index is 373. The van der Waals surface area contributed by atoms with Crippen LogP contribution in [0.15, 0.2) is 24.3 Å². The van der Waals surface area contributed by atoms with Gasteiger partial charge in [-0.25, -0.2) is 0 Å². The molecule has 1 aromatic rings. The molecule has 100 valence electrons. The number of halogens is 1. The van der Waals surface area contributed by atoms with Crippen LogP contribution in [-0.4, -0.2) is 37.6 Å². The van der Waals surface area contributed by atoms with Crippen molar-refractivity contribution in [2.24, 2.45) is 0 Å². The zero-order chi connectivity index (χ0) is 13.0. The third-order valence-electron chi connectivity index (χ3n) is 4.15. The smallest absolute Gasteiger partial charge is 0.0406 e. The second-order valence-corrected chi connectivity index (χ2v) is 5.87. The summed E-state index contributed by atoms with van der Waals surface area (Å²) in [5, 5.41) is 4.19. The molecule has 0 aromatic heterocycles. The Morgan fingerprint density at radius 3 is 2.61 bits per heavy atom. The predicted molar refractivity (Wildman–Crippen MR) is 78.3 cm³/mol. The van der Waals surface area contributed by atoms with Crippen molar-refractivity contribution in [3.63, 3.8) is 0 Å². The van der Waals surface area contributed by atoms with Crippen molar-refractivity contribution < 1.29 is 0 Å². The zero-order valence-corrected chi connectivity index (χ0v) is 12.1. The first-order valence-corrected chi connectivity index (χ1v) is 7.14. The van der Waals surface area contributed by atoms with Crippen LogP contribution in [0, 0.1) is 0 Å². The molecule has 3 heteroatoms. The quantitative estimate of drug-likeness (QED) is 0.902. The number of piperidine rings is 1. The molecule has 1 N–H and O–H groups in total. The van der Waals surface area contributed by atoms with E-state index < -0.39 is 0 Å². The fourth-order valence-electron chi connectivity index (χ4n) is 3.05. The van der Waals surface area contributed by atoms with Crippen molar-refractivity contribution in [1.29, 1.82) is 0 Å². The van der Waals surface area contributed by atoms with Crippen LogP contribution in [0.2, 0.25) is 5.02 Å². The lowest BCUT2D eigenvalue weighted by Crippen LogP contribution is -2.56. The molecule has 18 heavy (non-hydrogen) atoms. The first kappa shape index (κ1) is 13.9. The van der Waals surface area contributed by atoms with Gasteiger partial charge in [0.2, 0.25) is 0 Å². The maximum absolute atomic E-state index is 5.96. The monoisotopic (exact) mass is 266 g/mol. The minimum absolute atomic E-state index is 0.265. The van der Waals surface area contributed by atoms with Crippen LogP contribution in [0.25, 0.3) is 0 Å². The van der Waals surface area contributed by atoms with Gasteiger partial charge in [0.1, 0.15) is 0 Å². The van der Waals surface area contributed by atoms with E-state index in [0.717, 1.165) is 18.0 Å². The highest BCUT2D eigenvalue weighted by Crippen LogP contribution is 2.30. The number of hydrogen-bond acceptors (Lipinski definition) is 2. The predicted octanol–water partition coefficient (Wildman–Crippen LogP) is 2.96. The number of benzene rings is 1. The van der Waals surface area contributed by atoms with Gasteiger partial charge in [0.15, 0.2) is 0 Å². The van der Waals surface area contributed by atoms with Crippen LogP contribution in [0.3, 0.4) is 0 Å². The number of hydrogen-bond donors (Lipinski definition) is 1. The van der Waals surface area contributed by atoms with E-state index in [4.69, 9.17) is 11.6 Å². The van der Waals surface area contributed by atoms with E-state index >= 15 is 0 Å². The lowest BCUT2D eigenvalue weighted by atomic mass is 9.81. The van der Waals surface area contributed by atoms with E-state index in [2.05, 4.69) is 29.4 Å². The second kappa shape index (κ2) is 6.05. The van der Waals surface area contributed by atoms with Crippen LogP contribution in [-0.2, 0) is 6.42 Å². The Morgan fingerprint density at radius 2 is 2.00 bits per heavy atom. The summed E-state index contributed by atoms with van der Waals surface area (Å²) in [5.74, 6) is 0. The molecule has 1 aromatic carbocycles. The van der Waals surface area contributed by atoms with Crippen LogP contribution in [0.5, 0.6) is 0 Å². The number of nitrogens with one attached hydrogen (secondary N) is 1. The molecule has 0 aliphatic carbocycles. The normalized spacial score (nSPS) is 25.3. The molecule has 0 saturated carbocycles. The van der Waals surface area contributed by atoms with Crippen LogP contribution < -0.4 is 5.32 Å². The molecule has 1 atom stereocenters. The number of rotatable bonds is 4. The van der Waals surface area contributed by atoms with Crippen LogP contribution >= 0.6 is 11.6 Å². The van der Waals surface area contributed by atoms with E-state index in [1.54, 1.807) is 0 Å². The van der Waals surface area contributed by atoms with Gasteiger partial charge >= 0.3 is 0 Å². The van der Waals surface area contributed by atoms with Crippen molar-refractivity contribution in [2.75, 3.05) is 27.2 Å². The number of nitrogens with zero attached hydrogens (tertiary/aromatic N) is 1. The van der Waals surface area contributed by atoms with Crippen LogP contribution in [0.1, 0.15) is 24.8 Å². The zero-order valence-electron chi connectivity index (χ0n) is 11.4. The average Bonchev–Trinajstić information content (AvgIpc) is 2.36. The molecule has 2 rings (SSSR count). The summed E-state index contributed by atoms with van der Waals surface area (Å²) in [6, 6.07) is 8.30. The molecule has 1 aliphatic heterocycles. The number of likely N-dealkylation sites (N-methyl/N-ethyl adjacent to an activating group) is 2. The molecule has 0 radical (unpaired) electrons. The molecule has 1 unspecified atom stereocenters. The lowest BCUT2D eigenvalue weighted by Gasteiger charge is -2.46. The molecule has 1 aliphatic rings. The van der Waals surface area contributed by atoms with Crippen LogP contribution in [0.4, 0.5) is 0 Å². The Labute approximate surface area is 115 Å². The van der Waals surface area contributed by atoms with Crippen molar-refractivity contribution in [1.82, 2.24) is 10.2 Å². The van der Waals surface area contributed by atoms with Gasteiger partial charge in [-0.05, 0) is 57.6 Å². The van der Waals surface area contributed by atoms with E-state index in [1.165, 1.54) is 31.4 Å². The SMILES string of the molecule is CNCC1(Cc2ccc(Cl)cc2)CCCCN1C. The van der Waals surface area contributed by atoms with Gasteiger partial charge in [-0.2, -0.15) is 0 Å². The van der Waals surface area contributed by atoms with Crippen molar-refractivity contribution in [3.05, 3.63) is 34.9 Å². The third-order valence-corrected chi connectivity index (χ3v) is 4.40. The summed E-state index contributed by atoms with van der Waals surface area (Å²) in [5.41, 5.74) is 1.64. The maximum Gasteiger partial charge on any atom is 0.0406 e. The first-order valence-electron chi connectivity index (χ1n) is 6.77. The van der Waals surface area contributed by atoms with Gasteiger partial charge in [-0.15, -0.1) is 0 Å². The highest BCUT2D eigenvalue weighted by molar-refractivity contribution is 6.30. The summed E-state index contributed by atoms with van der Waals surface area (Å²) in [4.78, 5) is 2.53. The van der Waals surface area contributed by atoms with Crippen molar-refractivity contribution >= 4 is 11.6 Å². The minimum atomic E-state index is 0.265. The van der Waals surface area contributed by atoms with Gasteiger partial charge in [0, 0.05) is 17.1 Å². The van der Waals surface area contributed by atoms with E-state index in [0.29, 0.717) is 0 Å². The van der Waals surface area contributed by atoms with Gasteiger partial charge in [0.25, 0.3) is 0 Å². The molecule has 2 nitrogen and oxygen atoms in total. The first-order chi connectivity index (χ1) is 8.66. The fourth-order valence-corrected chi connectivity index (χ4v) is 3.18. The molecule has 1 fully saturated rings. The van der Waals surface area contributed by atoms with Gasteiger partial charge in [-0.1, -0.05) is 30.2 Å². The van der Waals surface area contributed by atoms with Crippen molar-refractivity contribution in [3.8, 4) is 0 Å². The summed E-state index contributed by atoms with van der Waals surface area (Å²) in [7, 11) is 4.30. The number of likely N-dealkylation sites (tertiary alicyclic amines) is 1. The molecular weight excluding hydrogens is 244 g/mol. The average molecular weight is 267 g/mol. The Morgan fingerprint density at radius 1 is 1.28 bits per heavy atom. The highest BCUT2D eigenvalue weighted by atomic mass is 35.5. The molecular formula is C15H23ClN2. The Kier molecular flexibility index (Phi) is 4.66. The molecule has 1 saturated heterocycles. The van der Waals surface area contributed by atoms with E-state index in [1.807, 2.05) is 19.2 Å². The van der Waals surface area contributed by atoms with Gasteiger partial charge in [-0.3, -0.25) is 4.90 Å².